The number of hydrogen-bond donors (Lipinski definition) is 1. The fourth-order valence-electron chi connectivity index (χ4n) is 1.15. The van der Waals surface area contributed by atoms with E-state index in [9.17, 15) is 9.90 Å². The number of allylic oxidation sites excluding steroid dienone is 1. The van der Waals surface area contributed by atoms with Crippen molar-refractivity contribution in [2.24, 2.45) is 5.92 Å². The van der Waals surface area contributed by atoms with Crippen LogP contribution in [0.25, 0.3) is 0 Å². The second-order valence-corrected chi connectivity index (χ2v) is 2.73. The topological polar surface area (TPSA) is 55.8 Å². The predicted octanol–water partition coefficient (Wildman–Crippen LogP) is 0.237. The van der Waals surface area contributed by atoms with Gasteiger partial charge in [0.2, 0.25) is 5.79 Å². The third kappa shape index (κ3) is 1.79. The van der Waals surface area contributed by atoms with Crippen LogP contribution in [0.4, 0.5) is 0 Å². The number of methoxy groups -OCH3 is 2. The highest BCUT2D eigenvalue weighted by Gasteiger charge is 2.36. The van der Waals surface area contributed by atoms with Gasteiger partial charge in [-0.25, -0.2) is 0 Å². The molecule has 4 nitrogen and oxygen atoms in total. The summed E-state index contributed by atoms with van der Waals surface area (Å²) in [6, 6.07) is 0. The minimum absolute atomic E-state index is 0.474. The van der Waals surface area contributed by atoms with E-state index in [1.807, 2.05) is 0 Å². The molecule has 1 rings (SSSR count). The molecule has 0 spiro atoms. The maximum atomic E-state index is 10.6. The summed E-state index contributed by atoms with van der Waals surface area (Å²) in [6.45, 7) is 0. The van der Waals surface area contributed by atoms with E-state index in [0.717, 1.165) is 0 Å². The van der Waals surface area contributed by atoms with Crippen LogP contribution in [0.3, 0.4) is 0 Å². The Hall–Kier alpha value is -1.13. The minimum atomic E-state index is -1.58. The molecule has 13 heavy (non-hydrogen) atoms. The van der Waals surface area contributed by atoms with Gasteiger partial charge in [-0.3, -0.25) is 0 Å². The van der Waals surface area contributed by atoms with Crippen LogP contribution in [0.2, 0.25) is 0 Å². The van der Waals surface area contributed by atoms with Crippen LogP contribution in [-0.4, -0.2) is 31.4 Å². The highest BCUT2D eigenvalue weighted by atomic mass is 16.6. The molecule has 2 atom stereocenters. The zero-order valence-electron chi connectivity index (χ0n) is 7.56. The standard InChI is InChI=1S/C9H12O4/c1-12-8-4-3-7(6-10)9(11,5-8)13-2/h3-7,11H,1-2H3. The molecule has 0 aromatic carbocycles. The fourth-order valence-corrected chi connectivity index (χ4v) is 1.15. The number of hydrogen-bond acceptors (Lipinski definition) is 4. The molecule has 0 aliphatic heterocycles. The number of carbonyl (C=O) groups excluding carboxylic acids is 1. The second-order valence-electron chi connectivity index (χ2n) is 2.73. The Morgan fingerprint density at radius 3 is 2.77 bits per heavy atom. The Kier molecular flexibility index (Phi) is 2.85. The molecule has 0 amide bonds. The number of aliphatic hydroxyl groups is 1. The lowest BCUT2D eigenvalue weighted by Crippen LogP contribution is -2.39. The van der Waals surface area contributed by atoms with Crippen molar-refractivity contribution in [3.8, 4) is 0 Å². The Labute approximate surface area is 76.5 Å². The molecule has 1 aliphatic rings. The van der Waals surface area contributed by atoms with Crippen molar-refractivity contribution in [1.82, 2.24) is 0 Å². The van der Waals surface area contributed by atoms with Crippen molar-refractivity contribution in [1.29, 1.82) is 0 Å². The van der Waals surface area contributed by atoms with Gasteiger partial charge in [-0.15, -0.1) is 0 Å². The van der Waals surface area contributed by atoms with Crippen LogP contribution >= 0.6 is 0 Å². The van der Waals surface area contributed by atoms with Crippen molar-refractivity contribution in [2.45, 2.75) is 5.79 Å². The summed E-state index contributed by atoms with van der Waals surface area (Å²) in [5.74, 6) is -1.79. The Bertz CT molecular complexity index is 256. The van der Waals surface area contributed by atoms with Crippen LogP contribution in [-0.2, 0) is 14.3 Å². The molecule has 1 N–H and O–H groups in total. The highest BCUT2D eigenvalue weighted by molar-refractivity contribution is 5.60. The van der Waals surface area contributed by atoms with Crippen LogP contribution in [0.15, 0.2) is 24.0 Å². The first kappa shape index (κ1) is 9.95. The largest absolute Gasteiger partial charge is 0.497 e. The van der Waals surface area contributed by atoms with Gasteiger partial charge in [-0.2, -0.15) is 0 Å². The molecular weight excluding hydrogens is 172 g/mol. The average Bonchev–Trinajstić information content (AvgIpc) is 2.17. The molecule has 2 unspecified atom stereocenters. The van der Waals surface area contributed by atoms with Gasteiger partial charge >= 0.3 is 0 Å². The normalized spacial score (nSPS) is 32.5. The van der Waals surface area contributed by atoms with Gasteiger partial charge in [0.15, 0.2) is 0 Å². The SMILES string of the molecule is COC1=CC(O)(OC)C(C=O)C=C1. The van der Waals surface area contributed by atoms with Crippen molar-refractivity contribution in [2.75, 3.05) is 14.2 Å². The molecular formula is C9H12O4. The van der Waals surface area contributed by atoms with Crippen LogP contribution in [0, 0.1) is 5.92 Å². The van der Waals surface area contributed by atoms with Gasteiger partial charge in [0.05, 0.1) is 13.0 Å². The average molecular weight is 184 g/mol. The van der Waals surface area contributed by atoms with Crippen LogP contribution < -0.4 is 0 Å². The quantitative estimate of drug-likeness (QED) is 0.504. The molecule has 4 heteroatoms. The summed E-state index contributed by atoms with van der Waals surface area (Å²) in [5.41, 5.74) is 0. The highest BCUT2D eigenvalue weighted by Crippen LogP contribution is 2.26. The minimum Gasteiger partial charge on any atom is -0.497 e. The summed E-state index contributed by atoms with van der Waals surface area (Å²) in [6.07, 6.45) is 5.15. The third-order valence-corrected chi connectivity index (χ3v) is 2.00. The van der Waals surface area contributed by atoms with E-state index in [1.165, 1.54) is 26.4 Å². The van der Waals surface area contributed by atoms with Crippen molar-refractivity contribution in [3.63, 3.8) is 0 Å². The molecule has 0 aromatic rings. The Balaban J connectivity index is 2.95. The van der Waals surface area contributed by atoms with Gasteiger partial charge in [-0.05, 0) is 6.08 Å². The molecule has 0 fully saturated rings. The van der Waals surface area contributed by atoms with Gasteiger partial charge in [-0.1, -0.05) is 6.08 Å². The third-order valence-electron chi connectivity index (χ3n) is 2.00. The monoisotopic (exact) mass is 184 g/mol. The number of ether oxygens (including phenoxy) is 2. The molecule has 0 heterocycles. The Morgan fingerprint density at radius 1 is 1.62 bits per heavy atom. The van der Waals surface area contributed by atoms with E-state index < -0.39 is 11.7 Å². The lowest BCUT2D eigenvalue weighted by molar-refractivity contribution is -0.174. The van der Waals surface area contributed by atoms with Crippen molar-refractivity contribution < 1.29 is 19.4 Å². The molecule has 0 saturated heterocycles. The van der Waals surface area contributed by atoms with E-state index in [2.05, 4.69) is 0 Å². The first-order valence-corrected chi connectivity index (χ1v) is 3.84. The zero-order chi connectivity index (χ0) is 9.90. The lowest BCUT2D eigenvalue weighted by atomic mass is 9.94. The van der Waals surface area contributed by atoms with Gasteiger partial charge in [0.25, 0.3) is 0 Å². The summed E-state index contributed by atoms with van der Waals surface area (Å²) < 4.78 is 9.73. The molecule has 0 radical (unpaired) electrons. The molecule has 0 bridgehead atoms. The van der Waals surface area contributed by atoms with Gasteiger partial charge < -0.3 is 19.4 Å². The second kappa shape index (κ2) is 3.72. The number of carbonyl (C=O) groups is 1. The number of aldehydes is 1. The van der Waals surface area contributed by atoms with E-state index in [-0.39, 0.29) is 0 Å². The smallest absolute Gasteiger partial charge is 0.202 e. The maximum Gasteiger partial charge on any atom is 0.202 e. The molecule has 0 aromatic heterocycles. The summed E-state index contributed by atoms with van der Waals surface area (Å²) in [7, 11) is 2.81. The summed E-state index contributed by atoms with van der Waals surface area (Å²) >= 11 is 0. The molecule has 1 aliphatic carbocycles. The van der Waals surface area contributed by atoms with Crippen LogP contribution in [0.5, 0.6) is 0 Å². The van der Waals surface area contributed by atoms with Crippen LogP contribution in [0.1, 0.15) is 0 Å². The van der Waals surface area contributed by atoms with E-state index >= 15 is 0 Å². The first-order valence-electron chi connectivity index (χ1n) is 3.84. The fraction of sp³-hybridized carbons (Fsp3) is 0.444. The van der Waals surface area contributed by atoms with E-state index in [4.69, 9.17) is 9.47 Å². The lowest BCUT2D eigenvalue weighted by Gasteiger charge is -2.29. The Morgan fingerprint density at radius 2 is 2.31 bits per heavy atom. The van der Waals surface area contributed by atoms with E-state index in [1.54, 1.807) is 6.08 Å². The molecule has 0 saturated carbocycles. The summed E-state index contributed by atoms with van der Waals surface area (Å²) in [4.78, 5) is 10.6. The van der Waals surface area contributed by atoms with Crippen molar-refractivity contribution >= 4 is 6.29 Å². The predicted molar refractivity (Wildman–Crippen MR) is 45.7 cm³/mol. The van der Waals surface area contributed by atoms with Crippen molar-refractivity contribution in [3.05, 3.63) is 24.0 Å². The summed E-state index contributed by atoms with van der Waals surface area (Å²) in [5, 5.41) is 9.78. The van der Waals surface area contributed by atoms with Gasteiger partial charge in [0, 0.05) is 13.2 Å². The van der Waals surface area contributed by atoms with Gasteiger partial charge in [0.1, 0.15) is 12.0 Å². The maximum absolute atomic E-state index is 10.6. The zero-order valence-corrected chi connectivity index (χ0v) is 7.56. The first-order chi connectivity index (χ1) is 6.16. The van der Waals surface area contributed by atoms with E-state index in [0.29, 0.717) is 12.0 Å². The number of rotatable bonds is 3. The molecule has 72 valence electrons.